The monoisotopic (exact) mass is 284 g/mol. The van der Waals surface area contributed by atoms with Gasteiger partial charge in [-0.2, -0.15) is 0 Å². The third-order valence-electron chi connectivity index (χ3n) is 3.60. The van der Waals surface area contributed by atoms with Gasteiger partial charge in [0.2, 0.25) is 0 Å². The normalized spacial score (nSPS) is 14.3. The Balaban J connectivity index is 2.95. The van der Waals surface area contributed by atoms with Crippen LogP contribution >= 0.6 is 0 Å². The van der Waals surface area contributed by atoms with Crippen molar-refractivity contribution in [1.82, 2.24) is 10.3 Å². The lowest BCUT2D eigenvalue weighted by Crippen LogP contribution is -2.52. The van der Waals surface area contributed by atoms with E-state index in [4.69, 9.17) is 0 Å². The quantitative estimate of drug-likeness (QED) is 0.829. The van der Waals surface area contributed by atoms with Gasteiger partial charge in [-0.15, -0.1) is 0 Å². The Labute approximate surface area is 116 Å². The second-order valence-electron chi connectivity index (χ2n) is 5.45. The Morgan fingerprint density at radius 2 is 2.11 bits per heavy atom. The first kappa shape index (κ1) is 16.1. The summed E-state index contributed by atoms with van der Waals surface area (Å²) < 4.78 is 23.2. The van der Waals surface area contributed by atoms with Gasteiger partial charge >= 0.3 is 0 Å². The zero-order valence-corrected chi connectivity index (χ0v) is 13.0. The average Bonchev–Trinajstić information content (AvgIpc) is 2.34. The van der Waals surface area contributed by atoms with E-state index in [-0.39, 0.29) is 6.04 Å². The fraction of sp³-hybridized carbons (Fsp3) is 0.643. The van der Waals surface area contributed by atoms with Crippen molar-refractivity contribution >= 4 is 9.84 Å². The van der Waals surface area contributed by atoms with Crippen LogP contribution in [-0.4, -0.2) is 37.0 Å². The molecule has 0 radical (unpaired) electrons. The molecule has 0 amide bonds. The Bertz CT molecular complexity index is 483. The maximum atomic E-state index is 12.0. The molecule has 0 saturated heterocycles. The van der Waals surface area contributed by atoms with Gasteiger partial charge in [0, 0.05) is 24.7 Å². The molecule has 1 atom stereocenters. The number of aromatic nitrogens is 1. The van der Waals surface area contributed by atoms with Crippen molar-refractivity contribution in [3.8, 4) is 0 Å². The first-order valence-electron chi connectivity index (χ1n) is 6.61. The summed E-state index contributed by atoms with van der Waals surface area (Å²) in [6.45, 7) is 6.45. The van der Waals surface area contributed by atoms with E-state index in [2.05, 4.69) is 17.2 Å². The molecule has 0 aromatic carbocycles. The van der Waals surface area contributed by atoms with Crippen molar-refractivity contribution < 1.29 is 8.42 Å². The summed E-state index contributed by atoms with van der Waals surface area (Å²) in [5.41, 5.74) is 1.05. The number of nitrogens with zero attached hydrogens (tertiary/aromatic N) is 1. The first-order chi connectivity index (χ1) is 8.79. The van der Waals surface area contributed by atoms with Crippen LogP contribution in [0, 0.1) is 0 Å². The molecule has 0 spiro atoms. The fourth-order valence-corrected chi connectivity index (χ4v) is 2.58. The topological polar surface area (TPSA) is 59.1 Å². The van der Waals surface area contributed by atoms with E-state index in [1.54, 1.807) is 26.2 Å². The van der Waals surface area contributed by atoms with Gasteiger partial charge in [0.25, 0.3) is 0 Å². The molecule has 1 unspecified atom stereocenters. The van der Waals surface area contributed by atoms with E-state index in [1.165, 1.54) is 6.26 Å². The molecule has 19 heavy (non-hydrogen) atoms. The third-order valence-corrected chi connectivity index (χ3v) is 5.79. The molecule has 1 rings (SSSR count). The highest BCUT2D eigenvalue weighted by Crippen LogP contribution is 2.23. The van der Waals surface area contributed by atoms with Crippen LogP contribution in [0.4, 0.5) is 0 Å². The second kappa shape index (κ2) is 6.48. The van der Waals surface area contributed by atoms with E-state index in [0.29, 0.717) is 6.42 Å². The van der Waals surface area contributed by atoms with Crippen LogP contribution in [0.25, 0.3) is 0 Å². The molecule has 1 aromatic rings. The second-order valence-corrected chi connectivity index (χ2v) is 8.04. The Morgan fingerprint density at radius 3 is 2.58 bits per heavy atom. The molecule has 1 N–H and O–H groups in total. The minimum absolute atomic E-state index is 0.119. The summed E-state index contributed by atoms with van der Waals surface area (Å²) in [5.74, 6) is 0. The SMILES string of the molecule is CCCNC(Cc1cccnc1)C(C)(C)S(C)(=O)=O. The molecular formula is C14H24N2O2S. The summed E-state index contributed by atoms with van der Waals surface area (Å²) in [6.07, 6.45) is 6.45. The predicted molar refractivity (Wildman–Crippen MR) is 78.9 cm³/mol. The van der Waals surface area contributed by atoms with E-state index >= 15 is 0 Å². The maximum absolute atomic E-state index is 12.0. The molecule has 0 saturated carbocycles. The molecule has 1 heterocycles. The van der Waals surface area contributed by atoms with E-state index < -0.39 is 14.6 Å². The van der Waals surface area contributed by atoms with Gasteiger partial charge in [0.05, 0.1) is 4.75 Å². The average molecular weight is 284 g/mol. The van der Waals surface area contributed by atoms with Crippen LogP contribution in [-0.2, 0) is 16.3 Å². The van der Waals surface area contributed by atoms with Crippen molar-refractivity contribution in [2.45, 2.75) is 44.4 Å². The van der Waals surface area contributed by atoms with Gasteiger partial charge in [0.1, 0.15) is 0 Å². The smallest absolute Gasteiger partial charge is 0.154 e. The molecular weight excluding hydrogens is 260 g/mol. The molecule has 0 aliphatic heterocycles. The highest BCUT2D eigenvalue weighted by molar-refractivity contribution is 7.92. The number of nitrogens with one attached hydrogen (secondary N) is 1. The molecule has 0 bridgehead atoms. The van der Waals surface area contributed by atoms with Crippen molar-refractivity contribution in [2.75, 3.05) is 12.8 Å². The third kappa shape index (κ3) is 4.28. The number of sulfone groups is 1. The van der Waals surface area contributed by atoms with Gasteiger partial charge in [-0.3, -0.25) is 4.98 Å². The summed E-state index contributed by atoms with van der Waals surface area (Å²) in [5, 5.41) is 3.36. The molecule has 0 aliphatic carbocycles. The van der Waals surface area contributed by atoms with Gasteiger partial charge in [-0.05, 0) is 44.9 Å². The van der Waals surface area contributed by atoms with E-state index in [0.717, 1.165) is 18.5 Å². The van der Waals surface area contributed by atoms with E-state index in [1.807, 2.05) is 12.1 Å². The lowest BCUT2D eigenvalue weighted by molar-refractivity contribution is 0.406. The number of pyridine rings is 1. The molecule has 1 aromatic heterocycles. The highest BCUT2D eigenvalue weighted by Gasteiger charge is 2.38. The van der Waals surface area contributed by atoms with Crippen LogP contribution in [0.1, 0.15) is 32.8 Å². The zero-order valence-electron chi connectivity index (χ0n) is 12.2. The molecule has 0 fully saturated rings. The van der Waals surface area contributed by atoms with Crippen LogP contribution in [0.5, 0.6) is 0 Å². The molecule has 4 nitrogen and oxygen atoms in total. The minimum Gasteiger partial charge on any atom is -0.312 e. The maximum Gasteiger partial charge on any atom is 0.154 e. The largest absolute Gasteiger partial charge is 0.312 e. The summed E-state index contributed by atoms with van der Waals surface area (Å²) in [7, 11) is -3.14. The number of hydrogen-bond acceptors (Lipinski definition) is 4. The van der Waals surface area contributed by atoms with Gasteiger partial charge in [0.15, 0.2) is 9.84 Å². The Morgan fingerprint density at radius 1 is 1.42 bits per heavy atom. The number of hydrogen-bond donors (Lipinski definition) is 1. The van der Waals surface area contributed by atoms with Crippen molar-refractivity contribution in [3.05, 3.63) is 30.1 Å². The van der Waals surface area contributed by atoms with Crippen molar-refractivity contribution in [2.24, 2.45) is 0 Å². The van der Waals surface area contributed by atoms with E-state index in [9.17, 15) is 8.42 Å². The fourth-order valence-electron chi connectivity index (χ4n) is 1.90. The summed E-state index contributed by atoms with van der Waals surface area (Å²) in [4.78, 5) is 4.09. The van der Waals surface area contributed by atoms with Crippen LogP contribution in [0.3, 0.4) is 0 Å². The number of rotatable bonds is 7. The predicted octanol–water partition coefficient (Wildman–Crippen LogP) is 1.82. The highest BCUT2D eigenvalue weighted by atomic mass is 32.2. The van der Waals surface area contributed by atoms with Crippen molar-refractivity contribution in [1.29, 1.82) is 0 Å². The molecule has 108 valence electrons. The van der Waals surface area contributed by atoms with Crippen molar-refractivity contribution in [3.63, 3.8) is 0 Å². The summed E-state index contributed by atoms with van der Waals surface area (Å²) >= 11 is 0. The van der Waals surface area contributed by atoms with Crippen LogP contribution in [0.2, 0.25) is 0 Å². The van der Waals surface area contributed by atoms with Gasteiger partial charge in [-0.25, -0.2) is 8.42 Å². The molecule has 5 heteroatoms. The standard InChI is InChI=1S/C14H24N2O2S/c1-5-8-16-13(14(2,3)19(4,17)18)10-12-7-6-9-15-11-12/h6-7,9,11,13,16H,5,8,10H2,1-4H3. The van der Waals surface area contributed by atoms with Crippen LogP contribution < -0.4 is 5.32 Å². The molecule has 0 aliphatic rings. The first-order valence-corrected chi connectivity index (χ1v) is 8.50. The van der Waals surface area contributed by atoms with Crippen LogP contribution in [0.15, 0.2) is 24.5 Å². The lowest BCUT2D eigenvalue weighted by atomic mass is 9.96. The van der Waals surface area contributed by atoms with Gasteiger partial charge < -0.3 is 5.32 Å². The summed E-state index contributed by atoms with van der Waals surface area (Å²) in [6, 6.07) is 3.73. The van der Waals surface area contributed by atoms with Gasteiger partial charge in [-0.1, -0.05) is 13.0 Å². The lowest BCUT2D eigenvalue weighted by Gasteiger charge is -2.33. The Hall–Kier alpha value is -0.940. The Kier molecular flexibility index (Phi) is 5.50. The minimum atomic E-state index is -3.14. The zero-order chi connectivity index (χ0) is 14.5.